The number of nitrogens with zero attached hydrogens (tertiary/aromatic N) is 5. The van der Waals surface area contributed by atoms with Crippen molar-refractivity contribution >= 4 is 17.6 Å². The van der Waals surface area contributed by atoms with E-state index >= 15 is 0 Å². The maximum absolute atomic E-state index is 12.9. The number of ether oxygens (including phenoxy) is 1. The molecule has 0 bridgehead atoms. The number of anilines is 1. The Morgan fingerprint density at radius 3 is 2.44 bits per heavy atom. The third-order valence-corrected chi connectivity index (χ3v) is 5.33. The van der Waals surface area contributed by atoms with Gasteiger partial charge in [-0.3, -0.25) is 9.59 Å². The molecule has 0 N–H and O–H groups in total. The second-order valence-corrected chi connectivity index (χ2v) is 7.53. The summed E-state index contributed by atoms with van der Waals surface area (Å²) in [6.45, 7) is 4.28. The highest BCUT2D eigenvalue weighted by atomic mass is 16.5. The lowest BCUT2D eigenvalue weighted by Crippen LogP contribution is -2.49. The fraction of sp³-hybridized carbons (Fsp3) is 0.684. The molecule has 2 fully saturated rings. The molecule has 148 valence electrons. The molecule has 2 amide bonds. The Morgan fingerprint density at radius 1 is 1.07 bits per heavy atom. The molecule has 0 aliphatic carbocycles. The monoisotopic (exact) mass is 375 g/mol. The van der Waals surface area contributed by atoms with Gasteiger partial charge in [0.1, 0.15) is 6.10 Å². The van der Waals surface area contributed by atoms with E-state index in [-0.39, 0.29) is 23.8 Å². The number of piperidine rings is 2. The number of carbonyl (C=O) groups is 2. The SMILES string of the molecule is CC(=O)N1CCC(C(=O)N2CCC[C@@H](Oc3nccnc3N(C)C)C2)CC1. The Kier molecular flexibility index (Phi) is 6.13. The molecule has 1 atom stereocenters. The minimum absolute atomic E-state index is 0.00760. The number of amides is 2. The summed E-state index contributed by atoms with van der Waals surface area (Å²) in [4.78, 5) is 38.7. The summed E-state index contributed by atoms with van der Waals surface area (Å²) in [5.74, 6) is 1.49. The molecule has 0 radical (unpaired) electrons. The van der Waals surface area contributed by atoms with Gasteiger partial charge >= 0.3 is 0 Å². The molecular formula is C19H29N5O3. The van der Waals surface area contributed by atoms with Crippen LogP contribution in [0, 0.1) is 5.92 Å². The molecule has 1 aromatic heterocycles. The first-order valence-corrected chi connectivity index (χ1v) is 9.65. The van der Waals surface area contributed by atoms with Gasteiger partial charge in [-0.05, 0) is 25.7 Å². The number of likely N-dealkylation sites (tertiary alicyclic amines) is 2. The smallest absolute Gasteiger partial charge is 0.257 e. The second-order valence-electron chi connectivity index (χ2n) is 7.53. The van der Waals surface area contributed by atoms with Crippen LogP contribution in [0.3, 0.4) is 0 Å². The van der Waals surface area contributed by atoms with Crippen LogP contribution in [-0.2, 0) is 9.59 Å². The van der Waals surface area contributed by atoms with E-state index in [1.807, 2.05) is 28.8 Å². The van der Waals surface area contributed by atoms with E-state index in [1.165, 1.54) is 0 Å². The van der Waals surface area contributed by atoms with Crippen LogP contribution >= 0.6 is 0 Å². The molecule has 2 aliphatic heterocycles. The lowest BCUT2D eigenvalue weighted by molar-refractivity contribution is -0.142. The number of hydrogen-bond donors (Lipinski definition) is 0. The Bertz CT molecular complexity index is 673. The van der Waals surface area contributed by atoms with Crippen LogP contribution in [0.25, 0.3) is 0 Å². The largest absolute Gasteiger partial charge is 0.470 e. The summed E-state index contributed by atoms with van der Waals surface area (Å²) >= 11 is 0. The molecule has 0 spiro atoms. The summed E-state index contributed by atoms with van der Waals surface area (Å²) in [6.07, 6.45) is 6.50. The van der Waals surface area contributed by atoms with E-state index < -0.39 is 0 Å². The van der Waals surface area contributed by atoms with Gasteiger partial charge in [0.2, 0.25) is 11.8 Å². The highest BCUT2D eigenvalue weighted by molar-refractivity contribution is 5.80. The summed E-state index contributed by atoms with van der Waals surface area (Å²) in [6, 6.07) is 0. The number of aromatic nitrogens is 2. The summed E-state index contributed by atoms with van der Waals surface area (Å²) in [5, 5.41) is 0. The van der Waals surface area contributed by atoms with Crippen LogP contribution in [0.4, 0.5) is 5.82 Å². The van der Waals surface area contributed by atoms with Crippen molar-refractivity contribution in [3.05, 3.63) is 12.4 Å². The van der Waals surface area contributed by atoms with Gasteiger partial charge in [0, 0.05) is 59.0 Å². The van der Waals surface area contributed by atoms with Gasteiger partial charge in [-0.2, -0.15) is 0 Å². The third kappa shape index (κ3) is 4.67. The average Bonchev–Trinajstić information content (AvgIpc) is 2.68. The predicted octanol–water partition coefficient (Wildman–Crippen LogP) is 1.17. The maximum atomic E-state index is 12.9. The Morgan fingerprint density at radius 2 is 1.78 bits per heavy atom. The summed E-state index contributed by atoms with van der Waals surface area (Å²) < 4.78 is 6.10. The van der Waals surface area contributed by atoms with Crippen molar-refractivity contribution in [3.8, 4) is 5.88 Å². The number of rotatable bonds is 4. The highest BCUT2D eigenvalue weighted by Crippen LogP contribution is 2.26. The Hall–Kier alpha value is -2.38. The molecule has 2 aliphatic rings. The Balaban J connectivity index is 1.58. The van der Waals surface area contributed by atoms with Crippen molar-refractivity contribution < 1.29 is 14.3 Å². The van der Waals surface area contributed by atoms with Crippen LogP contribution in [0.5, 0.6) is 5.88 Å². The van der Waals surface area contributed by atoms with Crippen molar-refractivity contribution in [2.45, 2.75) is 38.7 Å². The zero-order valence-corrected chi connectivity index (χ0v) is 16.4. The van der Waals surface area contributed by atoms with E-state index in [2.05, 4.69) is 9.97 Å². The van der Waals surface area contributed by atoms with Crippen molar-refractivity contribution in [2.75, 3.05) is 45.2 Å². The number of hydrogen-bond acceptors (Lipinski definition) is 6. The van der Waals surface area contributed by atoms with E-state index in [9.17, 15) is 9.59 Å². The van der Waals surface area contributed by atoms with Gasteiger partial charge in [0.15, 0.2) is 5.82 Å². The normalized spacial score (nSPS) is 21.1. The average molecular weight is 375 g/mol. The van der Waals surface area contributed by atoms with E-state index in [4.69, 9.17) is 4.74 Å². The van der Waals surface area contributed by atoms with E-state index in [0.29, 0.717) is 31.3 Å². The van der Waals surface area contributed by atoms with Crippen LogP contribution in [0.15, 0.2) is 12.4 Å². The second kappa shape index (κ2) is 8.54. The molecule has 0 unspecified atom stereocenters. The number of carbonyl (C=O) groups excluding carboxylic acids is 2. The lowest BCUT2D eigenvalue weighted by Gasteiger charge is -2.37. The van der Waals surface area contributed by atoms with Gasteiger partial charge < -0.3 is 19.4 Å². The lowest BCUT2D eigenvalue weighted by atomic mass is 9.94. The van der Waals surface area contributed by atoms with Gasteiger partial charge in [0.25, 0.3) is 5.88 Å². The standard InChI is InChI=1S/C19H29N5O3/c1-14(25)23-11-6-15(7-12-23)19(26)24-10-4-5-16(13-24)27-18-17(22(2)3)20-8-9-21-18/h8-9,15-16H,4-7,10-13H2,1-3H3/t16-/m1/s1. The molecule has 8 nitrogen and oxygen atoms in total. The van der Waals surface area contributed by atoms with Gasteiger partial charge in [-0.1, -0.05) is 0 Å². The van der Waals surface area contributed by atoms with Crippen molar-refractivity contribution in [1.29, 1.82) is 0 Å². The first kappa shape index (κ1) is 19.4. The van der Waals surface area contributed by atoms with Crippen LogP contribution in [0.2, 0.25) is 0 Å². The zero-order chi connectivity index (χ0) is 19.4. The molecule has 8 heteroatoms. The van der Waals surface area contributed by atoms with Crippen LogP contribution in [0.1, 0.15) is 32.6 Å². The predicted molar refractivity (Wildman–Crippen MR) is 102 cm³/mol. The van der Waals surface area contributed by atoms with Crippen molar-refractivity contribution in [2.24, 2.45) is 5.92 Å². The van der Waals surface area contributed by atoms with E-state index in [1.54, 1.807) is 19.3 Å². The fourth-order valence-electron chi connectivity index (χ4n) is 3.80. The highest BCUT2D eigenvalue weighted by Gasteiger charge is 2.32. The third-order valence-electron chi connectivity index (χ3n) is 5.33. The molecule has 2 saturated heterocycles. The van der Waals surface area contributed by atoms with Gasteiger partial charge in [-0.25, -0.2) is 9.97 Å². The molecule has 27 heavy (non-hydrogen) atoms. The fourth-order valence-corrected chi connectivity index (χ4v) is 3.80. The molecule has 0 saturated carbocycles. The first-order chi connectivity index (χ1) is 13.0. The zero-order valence-electron chi connectivity index (χ0n) is 16.4. The minimum Gasteiger partial charge on any atom is -0.470 e. The van der Waals surface area contributed by atoms with Crippen LogP contribution < -0.4 is 9.64 Å². The van der Waals surface area contributed by atoms with Crippen LogP contribution in [-0.4, -0.2) is 78.0 Å². The topological polar surface area (TPSA) is 78.9 Å². The molecule has 0 aromatic carbocycles. The molecule has 3 heterocycles. The quantitative estimate of drug-likeness (QED) is 0.786. The van der Waals surface area contributed by atoms with Gasteiger partial charge in [0.05, 0.1) is 6.54 Å². The summed E-state index contributed by atoms with van der Waals surface area (Å²) in [5.41, 5.74) is 0. The molecule has 1 aromatic rings. The van der Waals surface area contributed by atoms with Crippen molar-refractivity contribution in [1.82, 2.24) is 19.8 Å². The Labute approximate surface area is 160 Å². The molecular weight excluding hydrogens is 346 g/mol. The van der Waals surface area contributed by atoms with Crippen molar-refractivity contribution in [3.63, 3.8) is 0 Å². The molecule has 3 rings (SSSR count). The first-order valence-electron chi connectivity index (χ1n) is 9.65. The van der Waals surface area contributed by atoms with Gasteiger partial charge in [-0.15, -0.1) is 0 Å². The van der Waals surface area contributed by atoms with E-state index in [0.717, 1.165) is 32.2 Å². The minimum atomic E-state index is -0.0737. The maximum Gasteiger partial charge on any atom is 0.257 e. The summed E-state index contributed by atoms with van der Waals surface area (Å²) in [7, 11) is 3.81.